The average Bonchev–Trinajstić information content (AvgIpc) is 2.67. The zero-order valence-corrected chi connectivity index (χ0v) is 16.4. The first-order chi connectivity index (χ1) is 12.2. The maximum absolute atomic E-state index is 6.26. The fourth-order valence-corrected chi connectivity index (χ4v) is 3.49. The highest BCUT2D eigenvalue weighted by molar-refractivity contribution is 5.53. The van der Waals surface area contributed by atoms with E-state index in [0.29, 0.717) is 0 Å². The van der Waals surface area contributed by atoms with Gasteiger partial charge in [-0.25, -0.2) is 0 Å². The van der Waals surface area contributed by atoms with Gasteiger partial charge in [-0.3, -0.25) is 0 Å². The van der Waals surface area contributed by atoms with Gasteiger partial charge < -0.3 is 9.47 Å². The van der Waals surface area contributed by atoms with E-state index in [2.05, 4.69) is 57.2 Å². The molecule has 1 fully saturated rings. The lowest BCUT2D eigenvalue weighted by Crippen LogP contribution is -2.42. The highest BCUT2D eigenvalue weighted by atomic mass is 16.7. The van der Waals surface area contributed by atoms with Gasteiger partial charge in [0, 0.05) is 5.41 Å². The van der Waals surface area contributed by atoms with Crippen molar-refractivity contribution in [2.24, 2.45) is 5.41 Å². The Labute approximate surface area is 154 Å². The van der Waals surface area contributed by atoms with Gasteiger partial charge in [0.25, 0.3) is 0 Å². The zero-order chi connectivity index (χ0) is 18.0. The molecule has 140 valence electrons. The molecule has 2 heteroatoms. The molecule has 0 radical (unpaired) electrons. The van der Waals surface area contributed by atoms with Gasteiger partial charge in [-0.1, -0.05) is 82.9 Å². The number of hydrogen-bond acceptors (Lipinski definition) is 2. The lowest BCUT2D eigenvalue weighted by molar-refractivity contribution is -0.215. The molecule has 2 nitrogen and oxygen atoms in total. The minimum absolute atomic E-state index is 0.168. The highest BCUT2D eigenvalue weighted by Crippen LogP contribution is 2.36. The zero-order valence-electron chi connectivity index (χ0n) is 16.4. The molecule has 1 aromatic carbocycles. The SMILES string of the molecule is CCCCC/C(=C/c1ccccc1)C1OCC(CC)(CCCC)CO1. The van der Waals surface area contributed by atoms with Crippen LogP contribution in [-0.4, -0.2) is 19.5 Å². The van der Waals surface area contributed by atoms with Crippen LogP contribution in [-0.2, 0) is 9.47 Å². The summed E-state index contributed by atoms with van der Waals surface area (Å²) in [6, 6.07) is 10.5. The van der Waals surface area contributed by atoms with Crippen molar-refractivity contribution in [2.75, 3.05) is 13.2 Å². The van der Waals surface area contributed by atoms with Crippen LogP contribution in [0.1, 0.15) is 77.7 Å². The minimum atomic E-state index is -0.168. The molecule has 2 rings (SSSR count). The molecule has 1 heterocycles. The molecule has 0 N–H and O–H groups in total. The first-order valence-corrected chi connectivity index (χ1v) is 10.2. The molecular formula is C23H36O2. The average molecular weight is 345 g/mol. The maximum atomic E-state index is 6.26. The van der Waals surface area contributed by atoms with E-state index in [0.717, 1.165) is 26.1 Å². The van der Waals surface area contributed by atoms with Gasteiger partial charge in [-0.15, -0.1) is 0 Å². The summed E-state index contributed by atoms with van der Waals surface area (Å²) >= 11 is 0. The molecular weight excluding hydrogens is 308 g/mol. The van der Waals surface area contributed by atoms with Crippen molar-refractivity contribution in [2.45, 2.75) is 78.4 Å². The lowest BCUT2D eigenvalue weighted by atomic mass is 9.81. The first kappa shape index (κ1) is 20.2. The van der Waals surface area contributed by atoms with Crippen LogP contribution in [0.25, 0.3) is 6.08 Å². The summed E-state index contributed by atoms with van der Waals surface area (Å²) < 4.78 is 12.5. The minimum Gasteiger partial charge on any atom is -0.348 e. The summed E-state index contributed by atoms with van der Waals surface area (Å²) in [7, 11) is 0. The Balaban J connectivity index is 2.04. The number of ether oxygens (including phenoxy) is 2. The standard InChI is InChI=1S/C23H36O2/c1-4-7-10-15-21(17-20-13-11-9-12-14-20)22-24-18-23(6-3,19-25-22)16-8-5-2/h9,11-14,17,22H,4-8,10,15-16,18-19H2,1-3H3/b21-17-. The van der Waals surface area contributed by atoms with E-state index in [4.69, 9.17) is 9.47 Å². The molecule has 0 unspecified atom stereocenters. The largest absolute Gasteiger partial charge is 0.348 e. The van der Waals surface area contributed by atoms with Gasteiger partial charge in [0.15, 0.2) is 6.29 Å². The summed E-state index contributed by atoms with van der Waals surface area (Å²) in [6.45, 7) is 8.43. The third-order valence-electron chi connectivity index (χ3n) is 5.42. The van der Waals surface area contributed by atoms with Gasteiger partial charge in [-0.05, 0) is 36.8 Å². The predicted molar refractivity (Wildman–Crippen MR) is 107 cm³/mol. The van der Waals surface area contributed by atoms with Crippen molar-refractivity contribution >= 4 is 6.08 Å². The summed E-state index contributed by atoms with van der Waals surface area (Å²) in [5.41, 5.74) is 2.74. The summed E-state index contributed by atoms with van der Waals surface area (Å²) in [5, 5.41) is 0. The van der Waals surface area contributed by atoms with Crippen LogP contribution >= 0.6 is 0 Å². The smallest absolute Gasteiger partial charge is 0.180 e. The van der Waals surface area contributed by atoms with E-state index in [1.54, 1.807) is 0 Å². The van der Waals surface area contributed by atoms with E-state index < -0.39 is 0 Å². The topological polar surface area (TPSA) is 18.5 Å². The third kappa shape index (κ3) is 6.27. The van der Waals surface area contributed by atoms with Gasteiger partial charge in [0.2, 0.25) is 0 Å². The van der Waals surface area contributed by atoms with E-state index >= 15 is 0 Å². The van der Waals surface area contributed by atoms with Gasteiger partial charge in [-0.2, -0.15) is 0 Å². The van der Waals surface area contributed by atoms with Crippen molar-refractivity contribution in [1.82, 2.24) is 0 Å². The quantitative estimate of drug-likeness (QED) is 0.445. The van der Waals surface area contributed by atoms with Crippen molar-refractivity contribution in [1.29, 1.82) is 0 Å². The van der Waals surface area contributed by atoms with Crippen molar-refractivity contribution in [3.8, 4) is 0 Å². The highest BCUT2D eigenvalue weighted by Gasteiger charge is 2.35. The lowest BCUT2D eigenvalue weighted by Gasteiger charge is -2.40. The van der Waals surface area contributed by atoms with E-state index in [1.807, 2.05) is 0 Å². The Bertz CT molecular complexity index is 498. The molecule has 25 heavy (non-hydrogen) atoms. The van der Waals surface area contributed by atoms with Crippen molar-refractivity contribution in [3.63, 3.8) is 0 Å². The van der Waals surface area contributed by atoms with Crippen molar-refractivity contribution < 1.29 is 9.47 Å². The molecule has 1 aliphatic heterocycles. The third-order valence-corrected chi connectivity index (χ3v) is 5.42. The predicted octanol–water partition coefficient (Wildman–Crippen LogP) is 6.61. The van der Waals surface area contributed by atoms with Crippen LogP contribution in [0.15, 0.2) is 35.9 Å². The second kappa shape index (κ2) is 10.8. The Morgan fingerprint density at radius 1 is 1.00 bits per heavy atom. The van der Waals surface area contributed by atoms with Gasteiger partial charge in [0.05, 0.1) is 13.2 Å². The molecule has 0 spiro atoms. The Hall–Kier alpha value is -1.12. The maximum Gasteiger partial charge on any atom is 0.180 e. The fraction of sp³-hybridized carbons (Fsp3) is 0.652. The van der Waals surface area contributed by atoms with Crippen LogP contribution in [0.2, 0.25) is 0 Å². The number of rotatable bonds is 10. The Morgan fingerprint density at radius 2 is 1.68 bits per heavy atom. The molecule has 0 amide bonds. The second-order valence-electron chi connectivity index (χ2n) is 7.50. The van der Waals surface area contributed by atoms with Crippen LogP contribution in [0.4, 0.5) is 0 Å². The Morgan fingerprint density at radius 3 is 2.28 bits per heavy atom. The molecule has 1 saturated heterocycles. The van der Waals surface area contributed by atoms with E-state index in [-0.39, 0.29) is 11.7 Å². The Kier molecular flexibility index (Phi) is 8.71. The van der Waals surface area contributed by atoms with Gasteiger partial charge in [0.1, 0.15) is 0 Å². The first-order valence-electron chi connectivity index (χ1n) is 10.2. The summed E-state index contributed by atoms with van der Waals surface area (Å²) in [6.07, 6.45) is 11.7. The summed E-state index contributed by atoms with van der Waals surface area (Å²) in [5.74, 6) is 0. The number of hydrogen-bond donors (Lipinski definition) is 0. The summed E-state index contributed by atoms with van der Waals surface area (Å²) in [4.78, 5) is 0. The molecule has 0 aliphatic carbocycles. The van der Waals surface area contributed by atoms with E-state index in [9.17, 15) is 0 Å². The number of unbranched alkanes of at least 4 members (excludes halogenated alkanes) is 3. The second-order valence-corrected chi connectivity index (χ2v) is 7.50. The molecule has 0 atom stereocenters. The van der Waals surface area contributed by atoms with Crippen LogP contribution in [0, 0.1) is 5.41 Å². The molecule has 0 aromatic heterocycles. The van der Waals surface area contributed by atoms with E-state index in [1.165, 1.54) is 49.7 Å². The molecule has 1 aliphatic rings. The normalized spacial score (nSPS) is 24.4. The molecule has 1 aromatic rings. The molecule has 0 saturated carbocycles. The molecule has 0 bridgehead atoms. The fourth-order valence-electron chi connectivity index (χ4n) is 3.49. The van der Waals surface area contributed by atoms with Crippen molar-refractivity contribution in [3.05, 3.63) is 41.5 Å². The monoisotopic (exact) mass is 344 g/mol. The van der Waals surface area contributed by atoms with Crippen LogP contribution in [0.3, 0.4) is 0 Å². The number of benzene rings is 1. The van der Waals surface area contributed by atoms with Gasteiger partial charge >= 0.3 is 0 Å². The van der Waals surface area contributed by atoms with Crippen LogP contribution in [0.5, 0.6) is 0 Å². The van der Waals surface area contributed by atoms with Crippen LogP contribution < -0.4 is 0 Å².